The Morgan fingerprint density at radius 2 is 2.19 bits per heavy atom. The zero-order valence-electron chi connectivity index (χ0n) is 9.49. The van der Waals surface area contributed by atoms with E-state index in [4.69, 9.17) is 5.26 Å². The molecule has 84 valence electrons. The highest BCUT2D eigenvalue weighted by Gasteiger charge is 2.08. The first-order valence-corrected chi connectivity index (χ1v) is 5.52. The number of carbonyl (C=O) groups excluding carboxylic acids is 1. The van der Waals surface area contributed by atoms with Crippen LogP contribution < -0.4 is 5.32 Å². The quantitative estimate of drug-likeness (QED) is 0.768. The maximum atomic E-state index is 11.8. The Morgan fingerprint density at radius 1 is 1.44 bits per heavy atom. The Bertz CT molecular complexity index is 393. The average Bonchev–Trinajstić information content (AvgIpc) is 2.34. The molecule has 0 radical (unpaired) electrons. The smallest absolute Gasteiger partial charge is 0.251 e. The SMILES string of the molecule is CCc1ccccc1C(=O)NCCCC#N. The average molecular weight is 216 g/mol. The summed E-state index contributed by atoms with van der Waals surface area (Å²) in [5.41, 5.74) is 1.79. The monoisotopic (exact) mass is 216 g/mol. The van der Waals surface area contributed by atoms with Crippen LogP contribution in [-0.2, 0) is 6.42 Å². The fourth-order valence-electron chi connectivity index (χ4n) is 1.51. The van der Waals surface area contributed by atoms with Crippen molar-refractivity contribution in [3.8, 4) is 6.07 Å². The third-order valence-corrected chi connectivity index (χ3v) is 2.39. The maximum absolute atomic E-state index is 11.8. The number of nitriles is 1. The fraction of sp³-hybridized carbons (Fsp3) is 0.385. The lowest BCUT2D eigenvalue weighted by atomic mass is 10.0. The lowest BCUT2D eigenvalue weighted by molar-refractivity contribution is 0.0952. The standard InChI is InChI=1S/C13H16N2O/c1-2-11-7-3-4-8-12(11)13(16)15-10-6-5-9-14/h3-4,7-8H,2,5-6,10H2,1H3,(H,15,16). The Kier molecular flexibility index (Phi) is 5.07. The highest BCUT2D eigenvalue weighted by Crippen LogP contribution is 2.08. The van der Waals surface area contributed by atoms with E-state index in [1.54, 1.807) is 0 Å². The number of carbonyl (C=O) groups is 1. The summed E-state index contributed by atoms with van der Waals surface area (Å²) in [6, 6.07) is 9.65. The summed E-state index contributed by atoms with van der Waals surface area (Å²) < 4.78 is 0. The molecular weight excluding hydrogens is 200 g/mol. The number of nitrogens with one attached hydrogen (secondary N) is 1. The van der Waals surface area contributed by atoms with Gasteiger partial charge in [0.25, 0.3) is 5.91 Å². The van der Waals surface area contributed by atoms with Crippen molar-refractivity contribution in [3.63, 3.8) is 0 Å². The van der Waals surface area contributed by atoms with Crippen LogP contribution >= 0.6 is 0 Å². The van der Waals surface area contributed by atoms with Crippen LogP contribution in [0.5, 0.6) is 0 Å². The van der Waals surface area contributed by atoms with Gasteiger partial charge in [-0.15, -0.1) is 0 Å². The minimum absolute atomic E-state index is 0.0459. The molecule has 0 aliphatic carbocycles. The molecule has 0 unspecified atom stereocenters. The molecule has 0 aliphatic rings. The van der Waals surface area contributed by atoms with Gasteiger partial charge in [0.05, 0.1) is 6.07 Å². The fourth-order valence-corrected chi connectivity index (χ4v) is 1.51. The van der Waals surface area contributed by atoms with Crippen molar-refractivity contribution in [1.29, 1.82) is 5.26 Å². The van der Waals surface area contributed by atoms with E-state index in [0.29, 0.717) is 19.4 Å². The molecule has 3 heteroatoms. The summed E-state index contributed by atoms with van der Waals surface area (Å²) in [6.45, 7) is 2.59. The number of hydrogen-bond donors (Lipinski definition) is 1. The lowest BCUT2D eigenvalue weighted by Gasteiger charge is -2.07. The van der Waals surface area contributed by atoms with Crippen LogP contribution in [0.1, 0.15) is 35.7 Å². The third-order valence-electron chi connectivity index (χ3n) is 2.39. The van der Waals surface area contributed by atoms with Crippen molar-refractivity contribution in [3.05, 3.63) is 35.4 Å². The molecule has 0 saturated heterocycles. The van der Waals surface area contributed by atoms with E-state index in [2.05, 4.69) is 11.4 Å². The summed E-state index contributed by atoms with van der Waals surface area (Å²) in [6.07, 6.45) is 2.04. The molecule has 0 heterocycles. The molecule has 1 amide bonds. The minimum atomic E-state index is -0.0459. The zero-order valence-corrected chi connectivity index (χ0v) is 9.49. The Morgan fingerprint density at radius 3 is 2.88 bits per heavy atom. The van der Waals surface area contributed by atoms with E-state index in [9.17, 15) is 4.79 Å². The van der Waals surface area contributed by atoms with Crippen LogP contribution in [-0.4, -0.2) is 12.5 Å². The maximum Gasteiger partial charge on any atom is 0.251 e. The summed E-state index contributed by atoms with van der Waals surface area (Å²) >= 11 is 0. The van der Waals surface area contributed by atoms with Gasteiger partial charge in [-0.1, -0.05) is 25.1 Å². The van der Waals surface area contributed by atoms with E-state index >= 15 is 0 Å². The first-order valence-electron chi connectivity index (χ1n) is 5.52. The van der Waals surface area contributed by atoms with E-state index in [0.717, 1.165) is 17.5 Å². The van der Waals surface area contributed by atoms with Gasteiger partial charge >= 0.3 is 0 Å². The third kappa shape index (κ3) is 3.39. The van der Waals surface area contributed by atoms with Crippen LogP contribution in [0.25, 0.3) is 0 Å². The molecule has 1 aromatic rings. The molecular formula is C13H16N2O. The Hall–Kier alpha value is -1.82. The van der Waals surface area contributed by atoms with Crippen molar-refractivity contribution in [2.24, 2.45) is 0 Å². The zero-order chi connectivity index (χ0) is 11.8. The van der Waals surface area contributed by atoms with Gasteiger partial charge in [0.2, 0.25) is 0 Å². The molecule has 1 aromatic carbocycles. The van der Waals surface area contributed by atoms with Gasteiger partial charge in [-0.2, -0.15) is 5.26 Å². The van der Waals surface area contributed by atoms with Gasteiger partial charge in [0, 0.05) is 18.5 Å². The van der Waals surface area contributed by atoms with Gasteiger partial charge in [0.1, 0.15) is 0 Å². The molecule has 0 bridgehead atoms. The number of hydrogen-bond acceptors (Lipinski definition) is 2. The molecule has 0 aliphatic heterocycles. The molecule has 0 atom stereocenters. The number of unbranched alkanes of at least 4 members (excludes halogenated alkanes) is 1. The predicted octanol–water partition coefficient (Wildman–Crippen LogP) is 2.28. The van der Waals surface area contributed by atoms with Crippen molar-refractivity contribution in [2.75, 3.05) is 6.54 Å². The van der Waals surface area contributed by atoms with Gasteiger partial charge in [0.15, 0.2) is 0 Å². The van der Waals surface area contributed by atoms with E-state index in [1.165, 1.54) is 0 Å². The highest BCUT2D eigenvalue weighted by molar-refractivity contribution is 5.95. The number of rotatable bonds is 5. The molecule has 1 N–H and O–H groups in total. The topological polar surface area (TPSA) is 52.9 Å². The predicted molar refractivity (Wildman–Crippen MR) is 63.0 cm³/mol. The van der Waals surface area contributed by atoms with E-state index < -0.39 is 0 Å². The number of benzene rings is 1. The summed E-state index contributed by atoms with van der Waals surface area (Å²) in [7, 11) is 0. The molecule has 0 spiro atoms. The number of nitrogens with zero attached hydrogens (tertiary/aromatic N) is 1. The molecule has 0 aromatic heterocycles. The van der Waals surface area contributed by atoms with Crippen molar-refractivity contribution in [2.45, 2.75) is 26.2 Å². The van der Waals surface area contributed by atoms with Gasteiger partial charge in [-0.05, 0) is 24.5 Å². The van der Waals surface area contributed by atoms with Crippen LogP contribution in [0.3, 0.4) is 0 Å². The first kappa shape index (κ1) is 12.3. The van der Waals surface area contributed by atoms with Crippen molar-refractivity contribution < 1.29 is 4.79 Å². The van der Waals surface area contributed by atoms with Crippen LogP contribution in [0.15, 0.2) is 24.3 Å². The number of amides is 1. The Labute approximate surface area is 96.1 Å². The highest BCUT2D eigenvalue weighted by atomic mass is 16.1. The summed E-state index contributed by atoms with van der Waals surface area (Å²) in [5.74, 6) is -0.0459. The summed E-state index contributed by atoms with van der Waals surface area (Å²) in [4.78, 5) is 11.8. The normalized spacial score (nSPS) is 9.50. The Balaban J connectivity index is 2.56. The van der Waals surface area contributed by atoms with Crippen molar-refractivity contribution in [1.82, 2.24) is 5.32 Å². The molecule has 0 saturated carbocycles. The van der Waals surface area contributed by atoms with Gasteiger partial charge < -0.3 is 5.32 Å². The van der Waals surface area contributed by atoms with Gasteiger partial charge in [-0.25, -0.2) is 0 Å². The van der Waals surface area contributed by atoms with Crippen LogP contribution in [0.2, 0.25) is 0 Å². The molecule has 3 nitrogen and oxygen atoms in total. The van der Waals surface area contributed by atoms with Crippen molar-refractivity contribution >= 4 is 5.91 Å². The molecule has 16 heavy (non-hydrogen) atoms. The van der Waals surface area contributed by atoms with Gasteiger partial charge in [-0.3, -0.25) is 4.79 Å². The second kappa shape index (κ2) is 6.62. The van der Waals surface area contributed by atoms with Crippen LogP contribution in [0, 0.1) is 11.3 Å². The van der Waals surface area contributed by atoms with E-state index in [1.807, 2.05) is 31.2 Å². The van der Waals surface area contributed by atoms with E-state index in [-0.39, 0.29) is 5.91 Å². The minimum Gasteiger partial charge on any atom is -0.352 e. The lowest BCUT2D eigenvalue weighted by Crippen LogP contribution is -2.25. The second-order valence-corrected chi connectivity index (χ2v) is 3.53. The molecule has 1 rings (SSSR count). The summed E-state index contributed by atoms with van der Waals surface area (Å²) in [5, 5.41) is 11.2. The second-order valence-electron chi connectivity index (χ2n) is 3.53. The van der Waals surface area contributed by atoms with Crippen LogP contribution in [0.4, 0.5) is 0 Å². The molecule has 0 fully saturated rings. The first-order chi connectivity index (χ1) is 7.79. The number of aryl methyl sites for hydroxylation is 1. The largest absolute Gasteiger partial charge is 0.352 e.